The van der Waals surface area contributed by atoms with Gasteiger partial charge in [0.05, 0.1) is 24.3 Å². The van der Waals surface area contributed by atoms with Crippen LogP contribution in [0.15, 0.2) is 72.3 Å². The summed E-state index contributed by atoms with van der Waals surface area (Å²) in [5.41, 5.74) is 3.39. The Kier molecular flexibility index (Phi) is 6.01. The van der Waals surface area contributed by atoms with Gasteiger partial charge in [0.1, 0.15) is 17.3 Å². The first-order valence-corrected chi connectivity index (χ1v) is 10.5. The number of aliphatic hydroxyl groups excluding tert-OH is 1. The number of likely N-dealkylation sites (tertiary alicyclic amines) is 1. The number of carbonyl (C=O) groups is 2. The summed E-state index contributed by atoms with van der Waals surface area (Å²) in [5, 5.41) is 11.4. The van der Waals surface area contributed by atoms with E-state index in [4.69, 9.17) is 4.74 Å². The summed E-state index contributed by atoms with van der Waals surface area (Å²) in [4.78, 5) is 27.7. The van der Waals surface area contributed by atoms with Crippen LogP contribution in [-0.4, -0.2) is 28.8 Å². The van der Waals surface area contributed by atoms with Crippen LogP contribution in [0.4, 0.5) is 4.39 Å². The number of Topliss-reactive ketones (excluding diaryl/α,β-unsaturated/α-hetero) is 1. The van der Waals surface area contributed by atoms with Crippen molar-refractivity contribution in [2.45, 2.75) is 26.4 Å². The van der Waals surface area contributed by atoms with Gasteiger partial charge in [-0.3, -0.25) is 9.59 Å². The molecule has 0 bridgehead atoms. The van der Waals surface area contributed by atoms with Gasteiger partial charge in [-0.05, 0) is 54.3 Å². The van der Waals surface area contributed by atoms with Gasteiger partial charge in [0.15, 0.2) is 0 Å². The van der Waals surface area contributed by atoms with E-state index < -0.39 is 17.7 Å². The van der Waals surface area contributed by atoms with Gasteiger partial charge in [0, 0.05) is 6.54 Å². The van der Waals surface area contributed by atoms with Crippen LogP contribution in [0.3, 0.4) is 0 Å². The van der Waals surface area contributed by atoms with Gasteiger partial charge < -0.3 is 14.7 Å². The number of hydrogen-bond acceptors (Lipinski definition) is 4. The number of methoxy groups -OCH3 is 1. The number of halogens is 1. The zero-order chi connectivity index (χ0) is 23.7. The minimum absolute atomic E-state index is 0.00314. The summed E-state index contributed by atoms with van der Waals surface area (Å²) in [6, 6.07) is 17.7. The number of rotatable bonds is 5. The van der Waals surface area contributed by atoms with Crippen molar-refractivity contribution in [1.82, 2.24) is 4.90 Å². The van der Waals surface area contributed by atoms with Crippen molar-refractivity contribution >= 4 is 17.4 Å². The SMILES string of the molecule is COc1c(C)cc(C)cc1/C(O)=C1\C(=O)C(=O)N(Cc2ccc(F)cc2)C1c1ccccc1. The maximum Gasteiger partial charge on any atom is 0.295 e. The van der Waals surface area contributed by atoms with Crippen molar-refractivity contribution in [3.63, 3.8) is 0 Å². The van der Waals surface area contributed by atoms with Crippen LogP contribution in [0, 0.1) is 19.7 Å². The first-order valence-electron chi connectivity index (χ1n) is 10.5. The summed E-state index contributed by atoms with van der Waals surface area (Å²) < 4.78 is 18.9. The van der Waals surface area contributed by atoms with E-state index >= 15 is 0 Å². The number of ketones is 1. The molecule has 3 aromatic carbocycles. The lowest BCUT2D eigenvalue weighted by Crippen LogP contribution is -2.29. The lowest BCUT2D eigenvalue weighted by atomic mass is 9.93. The second-order valence-electron chi connectivity index (χ2n) is 8.13. The maximum absolute atomic E-state index is 13.4. The first-order chi connectivity index (χ1) is 15.8. The normalized spacial score (nSPS) is 17.5. The number of ether oxygens (including phenoxy) is 1. The Hall–Kier alpha value is -3.93. The third-order valence-electron chi connectivity index (χ3n) is 5.80. The number of aryl methyl sites for hydroxylation is 2. The Balaban J connectivity index is 1.90. The molecule has 1 atom stereocenters. The Morgan fingerprint density at radius 3 is 2.33 bits per heavy atom. The number of benzene rings is 3. The second-order valence-corrected chi connectivity index (χ2v) is 8.13. The molecule has 1 saturated heterocycles. The van der Waals surface area contributed by atoms with Gasteiger partial charge in [0.2, 0.25) is 0 Å². The molecule has 0 radical (unpaired) electrons. The monoisotopic (exact) mass is 445 g/mol. The molecule has 0 aliphatic carbocycles. The van der Waals surface area contributed by atoms with Crippen LogP contribution in [0.1, 0.15) is 33.9 Å². The van der Waals surface area contributed by atoms with E-state index in [1.54, 1.807) is 30.3 Å². The van der Waals surface area contributed by atoms with E-state index in [1.165, 1.54) is 24.1 Å². The molecule has 168 valence electrons. The van der Waals surface area contributed by atoms with E-state index in [-0.39, 0.29) is 23.7 Å². The number of aliphatic hydroxyl groups is 1. The number of amides is 1. The fourth-order valence-electron chi connectivity index (χ4n) is 4.36. The minimum Gasteiger partial charge on any atom is -0.507 e. The number of carbonyl (C=O) groups excluding carboxylic acids is 2. The zero-order valence-corrected chi connectivity index (χ0v) is 18.6. The summed E-state index contributed by atoms with van der Waals surface area (Å²) in [6.45, 7) is 3.82. The molecule has 1 amide bonds. The highest BCUT2D eigenvalue weighted by Crippen LogP contribution is 2.42. The molecular formula is C27H24FNO4. The summed E-state index contributed by atoms with van der Waals surface area (Å²) in [5.74, 6) is -1.73. The summed E-state index contributed by atoms with van der Waals surface area (Å²) in [7, 11) is 1.50. The van der Waals surface area contributed by atoms with Crippen LogP contribution in [0.25, 0.3) is 5.76 Å². The fraction of sp³-hybridized carbons (Fsp3) is 0.185. The molecule has 0 spiro atoms. The average molecular weight is 445 g/mol. The van der Waals surface area contributed by atoms with Gasteiger partial charge in [-0.1, -0.05) is 48.5 Å². The average Bonchev–Trinajstić information content (AvgIpc) is 3.05. The summed E-state index contributed by atoms with van der Waals surface area (Å²) in [6.07, 6.45) is 0. The van der Waals surface area contributed by atoms with Crippen LogP contribution in [-0.2, 0) is 16.1 Å². The topological polar surface area (TPSA) is 66.8 Å². The van der Waals surface area contributed by atoms with Crippen molar-refractivity contribution in [3.8, 4) is 5.75 Å². The van der Waals surface area contributed by atoms with Crippen LogP contribution < -0.4 is 4.74 Å². The molecule has 3 aromatic rings. The molecule has 1 aliphatic rings. The number of hydrogen-bond donors (Lipinski definition) is 1. The van der Waals surface area contributed by atoms with Crippen molar-refractivity contribution in [3.05, 3.63) is 106 Å². The molecule has 4 rings (SSSR count). The minimum atomic E-state index is -0.804. The molecule has 1 heterocycles. The van der Waals surface area contributed by atoms with E-state index in [1.807, 2.05) is 38.1 Å². The van der Waals surface area contributed by atoms with E-state index in [0.29, 0.717) is 22.4 Å². The van der Waals surface area contributed by atoms with Gasteiger partial charge in [-0.25, -0.2) is 4.39 Å². The van der Waals surface area contributed by atoms with E-state index in [2.05, 4.69) is 0 Å². The van der Waals surface area contributed by atoms with Crippen LogP contribution >= 0.6 is 0 Å². The molecule has 1 unspecified atom stereocenters. The fourth-order valence-corrected chi connectivity index (χ4v) is 4.36. The van der Waals surface area contributed by atoms with Gasteiger partial charge >= 0.3 is 0 Å². The predicted molar refractivity (Wildman–Crippen MR) is 123 cm³/mol. The Morgan fingerprint density at radius 2 is 1.70 bits per heavy atom. The third kappa shape index (κ3) is 4.12. The van der Waals surface area contributed by atoms with Gasteiger partial charge in [0.25, 0.3) is 11.7 Å². The van der Waals surface area contributed by atoms with E-state index in [0.717, 1.165) is 11.1 Å². The highest BCUT2D eigenvalue weighted by molar-refractivity contribution is 6.46. The molecule has 33 heavy (non-hydrogen) atoms. The highest BCUT2D eigenvalue weighted by atomic mass is 19.1. The van der Waals surface area contributed by atoms with Crippen molar-refractivity contribution in [2.24, 2.45) is 0 Å². The first kappa shape index (κ1) is 22.3. The van der Waals surface area contributed by atoms with Gasteiger partial charge in [-0.2, -0.15) is 0 Å². The molecule has 1 aliphatic heterocycles. The molecular weight excluding hydrogens is 421 g/mol. The Bertz CT molecular complexity index is 1250. The zero-order valence-electron chi connectivity index (χ0n) is 18.6. The second kappa shape index (κ2) is 8.90. The molecule has 5 nitrogen and oxygen atoms in total. The highest BCUT2D eigenvalue weighted by Gasteiger charge is 2.46. The molecule has 6 heteroatoms. The summed E-state index contributed by atoms with van der Waals surface area (Å²) >= 11 is 0. The lowest BCUT2D eigenvalue weighted by molar-refractivity contribution is -0.140. The van der Waals surface area contributed by atoms with Crippen LogP contribution in [0.2, 0.25) is 0 Å². The maximum atomic E-state index is 13.4. The number of nitrogens with zero attached hydrogens (tertiary/aromatic N) is 1. The largest absolute Gasteiger partial charge is 0.507 e. The molecule has 0 aromatic heterocycles. The predicted octanol–water partition coefficient (Wildman–Crippen LogP) is 5.07. The van der Waals surface area contributed by atoms with Crippen molar-refractivity contribution in [2.75, 3.05) is 7.11 Å². The third-order valence-corrected chi connectivity index (χ3v) is 5.80. The quantitative estimate of drug-likeness (QED) is 0.338. The van der Waals surface area contributed by atoms with Crippen molar-refractivity contribution < 1.29 is 23.8 Å². The van der Waals surface area contributed by atoms with E-state index in [9.17, 15) is 19.1 Å². The van der Waals surface area contributed by atoms with Gasteiger partial charge in [-0.15, -0.1) is 0 Å². The smallest absolute Gasteiger partial charge is 0.295 e. The van der Waals surface area contributed by atoms with Crippen LogP contribution in [0.5, 0.6) is 5.75 Å². The lowest BCUT2D eigenvalue weighted by Gasteiger charge is -2.25. The Morgan fingerprint density at radius 1 is 1.03 bits per heavy atom. The molecule has 0 saturated carbocycles. The molecule has 1 fully saturated rings. The molecule has 1 N–H and O–H groups in total. The standard InChI is InChI=1S/C27H24FNO4/c1-16-13-17(2)26(33-3)21(14-16)24(30)22-23(19-7-5-4-6-8-19)29(27(32)25(22)31)15-18-9-11-20(28)12-10-18/h4-14,23,30H,15H2,1-3H3/b24-22+. The Labute approximate surface area is 191 Å². The van der Waals surface area contributed by atoms with Crippen molar-refractivity contribution in [1.29, 1.82) is 0 Å².